The van der Waals surface area contributed by atoms with Crippen LogP contribution in [0.15, 0.2) is 34.9 Å². The van der Waals surface area contributed by atoms with Crippen molar-refractivity contribution in [1.82, 2.24) is 10.5 Å². The predicted molar refractivity (Wildman–Crippen MR) is 95.4 cm³/mol. The molecule has 1 N–H and O–H groups in total. The quantitative estimate of drug-likeness (QED) is 0.787. The fourth-order valence-electron chi connectivity index (χ4n) is 2.31. The Kier molecular flexibility index (Phi) is 6.71. The van der Waals surface area contributed by atoms with Gasteiger partial charge in [0.2, 0.25) is 5.91 Å². The van der Waals surface area contributed by atoms with Gasteiger partial charge in [-0.3, -0.25) is 4.79 Å². The van der Waals surface area contributed by atoms with Gasteiger partial charge in [-0.1, -0.05) is 48.3 Å². The number of carbonyl (C=O) groups excluding carboxylic acids is 1. The molecule has 0 radical (unpaired) electrons. The third kappa shape index (κ3) is 5.75. The Morgan fingerprint density at radius 1 is 1.35 bits per heavy atom. The standard InChI is InChI=1S/C18H24N2O2S/c1-4-5-14(3)19-18(21)12-23-11-16-10-17(20-22-16)15-8-6-13(2)7-9-15/h6-10,14H,4-5,11-12H2,1-3H3,(H,19,21)/t14-/m1/s1. The normalized spacial score (nSPS) is 12.1. The molecule has 0 saturated heterocycles. The SMILES string of the molecule is CCC[C@@H](C)NC(=O)CSCc1cc(-c2ccc(C)cc2)no1. The van der Waals surface area contributed by atoms with Crippen molar-refractivity contribution in [2.75, 3.05) is 5.75 Å². The highest BCUT2D eigenvalue weighted by atomic mass is 32.2. The van der Waals surface area contributed by atoms with Crippen LogP contribution in [0, 0.1) is 6.92 Å². The van der Waals surface area contributed by atoms with Gasteiger partial charge in [0, 0.05) is 17.7 Å². The first kappa shape index (κ1) is 17.6. The second-order valence-corrected chi connectivity index (χ2v) is 6.78. The van der Waals surface area contributed by atoms with Gasteiger partial charge in [-0.05, 0) is 20.3 Å². The van der Waals surface area contributed by atoms with E-state index < -0.39 is 0 Å². The van der Waals surface area contributed by atoms with Gasteiger partial charge in [0.05, 0.1) is 11.5 Å². The summed E-state index contributed by atoms with van der Waals surface area (Å²) in [4.78, 5) is 11.8. The number of thioether (sulfide) groups is 1. The van der Waals surface area contributed by atoms with E-state index in [9.17, 15) is 4.79 Å². The maximum atomic E-state index is 11.8. The molecular weight excluding hydrogens is 308 g/mol. The molecule has 23 heavy (non-hydrogen) atoms. The van der Waals surface area contributed by atoms with Gasteiger partial charge >= 0.3 is 0 Å². The van der Waals surface area contributed by atoms with Gasteiger partial charge in [0.1, 0.15) is 11.5 Å². The maximum Gasteiger partial charge on any atom is 0.230 e. The van der Waals surface area contributed by atoms with Gasteiger partial charge < -0.3 is 9.84 Å². The van der Waals surface area contributed by atoms with Crippen LogP contribution in [0.5, 0.6) is 0 Å². The first-order valence-electron chi connectivity index (χ1n) is 7.98. The molecule has 2 aromatic rings. The Morgan fingerprint density at radius 2 is 2.09 bits per heavy atom. The topological polar surface area (TPSA) is 55.1 Å². The van der Waals surface area contributed by atoms with Crippen LogP contribution in [0.3, 0.4) is 0 Å². The van der Waals surface area contributed by atoms with Gasteiger partial charge in [0.15, 0.2) is 0 Å². The van der Waals surface area contributed by atoms with Crippen LogP contribution < -0.4 is 5.32 Å². The summed E-state index contributed by atoms with van der Waals surface area (Å²) >= 11 is 1.54. The average molecular weight is 332 g/mol. The number of benzene rings is 1. The smallest absolute Gasteiger partial charge is 0.230 e. The number of carbonyl (C=O) groups is 1. The minimum absolute atomic E-state index is 0.0780. The number of nitrogens with zero attached hydrogens (tertiary/aromatic N) is 1. The zero-order chi connectivity index (χ0) is 16.7. The van der Waals surface area contributed by atoms with E-state index in [0.29, 0.717) is 11.5 Å². The zero-order valence-corrected chi connectivity index (χ0v) is 14.8. The van der Waals surface area contributed by atoms with E-state index in [-0.39, 0.29) is 11.9 Å². The lowest BCUT2D eigenvalue weighted by Crippen LogP contribution is -2.33. The van der Waals surface area contributed by atoms with Gasteiger partial charge in [-0.15, -0.1) is 11.8 Å². The van der Waals surface area contributed by atoms with E-state index in [2.05, 4.69) is 36.5 Å². The Hall–Kier alpha value is -1.75. The maximum absolute atomic E-state index is 11.8. The van der Waals surface area contributed by atoms with E-state index in [4.69, 9.17) is 4.52 Å². The Bertz CT molecular complexity index is 622. The molecule has 124 valence electrons. The van der Waals surface area contributed by atoms with Crippen LogP contribution in [-0.2, 0) is 10.5 Å². The molecule has 1 atom stereocenters. The third-order valence-corrected chi connectivity index (χ3v) is 4.47. The van der Waals surface area contributed by atoms with Crippen LogP contribution in [0.25, 0.3) is 11.3 Å². The molecule has 1 aromatic heterocycles. The van der Waals surface area contributed by atoms with Crippen LogP contribution in [0.2, 0.25) is 0 Å². The monoisotopic (exact) mass is 332 g/mol. The van der Waals surface area contributed by atoms with Crippen molar-refractivity contribution in [3.05, 3.63) is 41.7 Å². The number of hydrogen-bond acceptors (Lipinski definition) is 4. The van der Waals surface area contributed by atoms with Crippen LogP contribution >= 0.6 is 11.8 Å². The molecule has 1 aromatic carbocycles. The number of amides is 1. The van der Waals surface area contributed by atoms with E-state index in [1.165, 1.54) is 17.3 Å². The van der Waals surface area contributed by atoms with Gasteiger partial charge in [0.25, 0.3) is 0 Å². The molecule has 0 aliphatic rings. The van der Waals surface area contributed by atoms with Crippen molar-refractivity contribution in [3.63, 3.8) is 0 Å². The summed E-state index contributed by atoms with van der Waals surface area (Å²) in [5.74, 6) is 1.96. The first-order valence-corrected chi connectivity index (χ1v) is 9.13. The molecule has 0 unspecified atom stereocenters. The number of aryl methyl sites for hydroxylation is 1. The number of hydrogen-bond donors (Lipinski definition) is 1. The Morgan fingerprint density at radius 3 is 2.78 bits per heavy atom. The molecule has 4 nitrogen and oxygen atoms in total. The second kappa shape index (κ2) is 8.77. The van der Waals surface area contributed by atoms with Crippen LogP contribution in [0.1, 0.15) is 38.0 Å². The molecule has 0 bridgehead atoms. The summed E-state index contributed by atoms with van der Waals surface area (Å²) in [5, 5.41) is 7.10. The van der Waals surface area contributed by atoms with E-state index in [1.54, 1.807) is 0 Å². The van der Waals surface area contributed by atoms with E-state index >= 15 is 0 Å². The first-order chi connectivity index (χ1) is 11.1. The van der Waals surface area contributed by atoms with E-state index in [1.807, 2.05) is 25.1 Å². The Balaban J connectivity index is 1.79. The summed E-state index contributed by atoms with van der Waals surface area (Å²) in [7, 11) is 0. The summed E-state index contributed by atoms with van der Waals surface area (Å²) in [6.45, 7) is 6.21. The summed E-state index contributed by atoms with van der Waals surface area (Å²) in [6, 6.07) is 10.4. The van der Waals surface area contributed by atoms with E-state index in [0.717, 1.165) is 29.9 Å². The largest absolute Gasteiger partial charge is 0.360 e. The summed E-state index contributed by atoms with van der Waals surface area (Å²) in [6.07, 6.45) is 2.09. The van der Waals surface area contributed by atoms with Crippen molar-refractivity contribution >= 4 is 17.7 Å². The summed E-state index contributed by atoms with van der Waals surface area (Å²) < 4.78 is 5.35. The minimum atomic E-state index is 0.0780. The van der Waals surface area contributed by atoms with Crippen LogP contribution in [-0.4, -0.2) is 22.9 Å². The highest BCUT2D eigenvalue weighted by Gasteiger charge is 2.09. The van der Waals surface area contributed by atoms with Gasteiger partial charge in [-0.25, -0.2) is 0 Å². The fourth-order valence-corrected chi connectivity index (χ4v) is 3.02. The van der Waals surface area contributed by atoms with Crippen molar-refractivity contribution < 1.29 is 9.32 Å². The van der Waals surface area contributed by atoms with Crippen molar-refractivity contribution in [1.29, 1.82) is 0 Å². The molecule has 1 amide bonds. The number of nitrogens with one attached hydrogen (secondary N) is 1. The van der Waals surface area contributed by atoms with Crippen molar-refractivity contribution in [2.45, 2.75) is 45.4 Å². The molecular formula is C18H24N2O2S. The lowest BCUT2D eigenvalue weighted by atomic mass is 10.1. The van der Waals surface area contributed by atoms with Crippen LogP contribution in [0.4, 0.5) is 0 Å². The molecule has 0 spiro atoms. The second-order valence-electron chi connectivity index (χ2n) is 5.79. The Labute approximate surface area is 142 Å². The van der Waals surface area contributed by atoms with Gasteiger partial charge in [-0.2, -0.15) is 0 Å². The molecule has 2 rings (SSSR count). The molecule has 0 saturated carbocycles. The highest BCUT2D eigenvalue weighted by Crippen LogP contribution is 2.22. The number of rotatable bonds is 8. The molecule has 5 heteroatoms. The zero-order valence-electron chi connectivity index (χ0n) is 14.0. The fraction of sp³-hybridized carbons (Fsp3) is 0.444. The number of aromatic nitrogens is 1. The lowest BCUT2D eigenvalue weighted by molar-refractivity contribution is -0.119. The minimum Gasteiger partial charge on any atom is -0.360 e. The summed E-state index contributed by atoms with van der Waals surface area (Å²) in [5.41, 5.74) is 3.10. The predicted octanol–water partition coefficient (Wildman–Crippen LogP) is 4.19. The lowest BCUT2D eigenvalue weighted by Gasteiger charge is -2.11. The average Bonchev–Trinajstić information content (AvgIpc) is 2.97. The van der Waals surface area contributed by atoms with Crippen molar-refractivity contribution in [3.8, 4) is 11.3 Å². The highest BCUT2D eigenvalue weighted by molar-refractivity contribution is 7.99. The molecule has 0 fully saturated rings. The third-order valence-electron chi connectivity index (χ3n) is 3.51. The molecule has 0 aliphatic carbocycles. The van der Waals surface area contributed by atoms with Crippen molar-refractivity contribution in [2.24, 2.45) is 0 Å². The molecule has 0 aliphatic heterocycles. The molecule has 1 heterocycles.